The summed E-state index contributed by atoms with van der Waals surface area (Å²) in [5, 5.41) is 0. The molecule has 0 amide bonds. The van der Waals surface area contributed by atoms with E-state index >= 15 is 0 Å². The Balaban J connectivity index is 2.34. The molecule has 3 heteroatoms. The summed E-state index contributed by atoms with van der Waals surface area (Å²) in [6.07, 6.45) is 6.89. The van der Waals surface area contributed by atoms with Gasteiger partial charge in [0.15, 0.2) is 0 Å². The van der Waals surface area contributed by atoms with E-state index in [2.05, 4.69) is 93.4 Å². The molecule has 2 aromatic carbocycles. The first-order chi connectivity index (χ1) is 13.5. The van der Waals surface area contributed by atoms with Gasteiger partial charge in [-0.25, -0.2) is 0 Å². The van der Waals surface area contributed by atoms with E-state index in [9.17, 15) is 4.79 Å². The van der Waals surface area contributed by atoms with Crippen molar-refractivity contribution >= 4 is 17.7 Å². The largest absolute Gasteiger partial charge is 0.378 e. The Bertz CT molecular complexity index is 653. The molecule has 0 heterocycles. The van der Waals surface area contributed by atoms with Gasteiger partial charge in [0.2, 0.25) is 0 Å². The van der Waals surface area contributed by atoms with E-state index in [1.165, 1.54) is 48.1 Å². The van der Waals surface area contributed by atoms with Crippen molar-refractivity contribution in [3.63, 3.8) is 0 Å². The number of anilines is 2. The van der Waals surface area contributed by atoms with Crippen LogP contribution < -0.4 is 9.80 Å². The van der Waals surface area contributed by atoms with Gasteiger partial charge in [0, 0.05) is 51.4 Å². The summed E-state index contributed by atoms with van der Waals surface area (Å²) in [5.41, 5.74) is 4.79. The minimum absolute atomic E-state index is 0.00673. The minimum Gasteiger partial charge on any atom is -0.378 e. The lowest BCUT2D eigenvalue weighted by atomic mass is 9.79. The van der Waals surface area contributed by atoms with Crippen LogP contribution in [-0.2, 0) is 4.79 Å². The normalized spacial score (nSPS) is 12.1. The lowest BCUT2D eigenvalue weighted by Gasteiger charge is -2.26. The smallest absolute Gasteiger partial charge is 0.124 e. The molecule has 0 aromatic heterocycles. The molecule has 0 saturated carbocycles. The van der Waals surface area contributed by atoms with Gasteiger partial charge in [-0.15, -0.1) is 0 Å². The Labute approximate surface area is 171 Å². The van der Waals surface area contributed by atoms with E-state index in [4.69, 9.17) is 0 Å². The van der Waals surface area contributed by atoms with Crippen molar-refractivity contribution in [1.29, 1.82) is 0 Å². The number of benzene rings is 2. The van der Waals surface area contributed by atoms with Gasteiger partial charge in [-0.1, -0.05) is 56.9 Å². The van der Waals surface area contributed by atoms with Gasteiger partial charge < -0.3 is 14.6 Å². The van der Waals surface area contributed by atoms with E-state index in [0.717, 1.165) is 12.8 Å². The second kappa shape index (κ2) is 10.9. The highest BCUT2D eigenvalue weighted by Gasteiger charge is 2.24. The Morgan fingerprint density at radius 2 is 1.21 bits per heavy atom. The molecule has 152 valence electrons. The molecule has 0 N–H and O–H groups in total. The highest BCUT2D eigenvalue weighted by Crippen LogP contribution is 2.35. The van der Waals surface area contributed by atoms with Crippen LogP contribution in [0.4, 0.5) is 11.4 Å². The van der Waals surface area contributed by atoms with E-state index in [-0.39, 0.29) is 11.8 Å². The summed E-state index contributed by atoms with van der Waals surface area (Å²) in [6.45, 7) is 2.22. The van der Waals surface area contributed by atoms with Crippen LogP contribution in [0.1, 0.15) is 56.1 Å². The molecule has 0 aliphatic heterocycles. The minimum atomic E-state index is 0.00673. The molecule has 0 saturated heterocycles. The van der Waals surface area contributed by atoms with Crippen molar-refractivity contribution in [2.75, 3.05) is 38.0 Å². The van der Waals surface area contributed by atoms with Gasteiger partial charge in [0.25, 0.3) is 0 Å². The van der Waals surface area contributed by atoms with Gasteiger partial charge in [-0.2, -0.15) is 0 Å². The molecule has 0 aliphatic rings. The van der Waals surface area contributed by atoms with Crippen molar-refractivity contribution in [3.8, 4) is 0 Å². The topological polar surface area (TPSA) is 23.6 Å². The maximum atomic E-state index is 12.1. The number of unbranched alkanes of at least 4 members (excludes halogenated alkanes) is 3. The SMILES string of the molecule is CCCCCCC(C=O)C(c1ccc(N(C)C)cc1)c1ccc(N(C)C)cc1. The number of hydrogen-bond donors (Lipinski definition) is 0. The van der Waals surface area contributed by atoms with Gasteiger partial charge in [0.05, 0.1) is 0 Å². The van der Waals surface area contributed by atoms with Crippen molar-refractivity contribution in [3.05, 3.63) is 59.7 Å². The number of hydrogen-bond acceptors (Lipinski definition) is 3. The Hall–Kier alpha value is -2.29. The first-order valence-electron chi connectivity index (χ1n) is 10.5. The third-order valence-corrected chi connectivity index (χ3v) is 5.53. The van der Waals surface area contributed by atoms with Crippen LogP contribution in [0.5, 0.6) is 0 Å². The summed E-state index contributed by atoms with van der Waals surface area (Å²) >= 11 is 0. The summed E-state index contributed by atoms with van der Waals surface area (Å²) in [7, 11) is 8.20. The van der Waals surface area contributed by atoms with E-state index in [1.807, 2.05) is 0 Å². The molecule has 2 rings (SSSR count). The van der Waals surface area contributed by atoms with Crippen LogP contribution >= 0.6 is 0 Å². The lowest BCUT2D eigenvalue weighted by molar-refractivity contribution is -0.111. The number of nitrogens with zero attached hydrogens (tertiary/aromatic N) is 2. The number of rotatable bonds is 11. The van der Waals surface area contributed by atoms with Crippen molar-refractivity contribution in [1.82, 2.24) is 0 Å². The molecule has 0 spiro atoms. The maximum Gasteiger partial charge on any atom is 0.124 e. The first kappa shape index (κ1) is 22.0. The summed E-state index contributed by atoms with van der Waals surface area (Å²) in [5.74, 6) is 0.110. The first-order valence-corrected chi connectivity index (χ1v) is 10.5. The average molecular weight is 381 g/mol. The van der Waals surface area contributed by atoms with Crippen LogP contribution in [0, 0.1) is 5.92 Å². The molecular weight excluding hydrogens is 344 g/mol. The van der Waals surface area contributed by atoms with Gasteiger partial charge >= 0.3 is 0 Å². The second-order valence-electron chi connectivity index (χ2n) is 8.10. The molecule has 1 unspecified atom stereocenters. The van der Waals surface area contributed by atoms with E-state index in [1.54, 1.807) is 0 Å². The molecule has 0 radical (unpaired) electrons. The molecule has 0 bridgehead atoms. The summed E-state index contributed by atoms with van der Waals surface area (Å²) in [6, 6.07) is 17.3. The highest BCUT2D eigenvalue weighted by atomic mass is 16.1. The number of aldehydes is 1. The van der Waals surface area contributed by atoms with Crippen LogP contribution in [-0.4, -0.2) is 34.5 Å². The summed E-state index contributed by atoms with van der Waals surface area (Å²) < 4.78 is 0. The van der Waals surface area contributed by atoms with Crippen LogP contribution in [0.25, 0.3) is 0 Å². The molecular formula is C25H36N2O. The van der Waals surface area contributed by atoms with Crippen LogP contribution in [0.2, 0.25) is 0 Å². The quantitative estimate of drug-likeness (QED) is 0.367. The van der Waals surface area contributed by atoms with E-state index < -0.39 is 0 Å². The zero-order chi connectivity index (χ0) is 20.5. The fraction of sp³-hybridized carbons (Fsp3) is 0.480. The van der Waals surface area contributed by atoms with Gasteiger partial charge in [0.1, 0.15) is 6.29 Å². The lowest BCUT2D eigenvalue weighted by Crippen LogP contribution is -2.17. The fourth-order valence-electron chi connectivity index (χ4n) is 3.77. The fourth-order valence-corrected chi connectivity index (χ4v) is 3.77. The zero-order valence-electron chi connectivity index (χ0n) is 18.2. The molecule has 1 atom stereocenters. The number of carbonyl (C=O) groups excluding carboxylic acids is 1. The average Bonchev–Trinajstić information content (AvgIpc) is 2.70. The number of carbonyl (C=O) groups is 1. The summed E-state index contributed by atoms with van der Waals surface area (Å²) in [4.78, 5) is 16.3. The Morgan fingerprint density at radius 3 is 1.57 bits per heavy atom. The monoisotopic (exact) mass is 380 g/mol. The molecule has 28 heavy (non-hydrogen) atoms. The zero-order valence-corrected chi connectivity index (χ0v) is 18.2. The Kier molecular flexibility index (Phi) is 8.56. The standard InChI is InChI=1S/C25H36N2O/c1-6-7-8-9-10-22(19-28)25(20-11-15-23(16-12-20)26(2)3)21-13-17-24(18-14-21)27(4)5/h11-19,22,25H,6-10H2,1-5H3. The maximum absolute atomic E-state index is 12.1. The van der Waals surface area contributed by atoms with Crippen molar-refractivity contribution in [2.45, 2.75) is 44.9 Å². The van der Waals surface area contributed by atoms with Gasteiger partial charge in [-0.05, 0) is 41.8 Å². The third kappa shape index (κ3) is 5.85. The molecule has 2 aromatic rings. The highest BCUT2D eigenvalue weighted by molar-refractivity contribution is 5.60. The van der Waals surface area contributed by atoms with Crippen molar-refractivity contribution in [2.24, 2.45) is 5.92 Å². The Morgan fingerprint density at radius 1 is 0.750 bits per heavy atom. The molecule has 0 aliphatic carbocycles. The predicted octanol–water partition coefficient (Wildman–Crippen LogP) is 5.74. The molecule has 3 nitrogen and oxygen atoms in total. The predicted molar refractivity (Wildman–Crippen MR) is 122 cm³/mol. The third-order valence-electron chi connectivity index (χ3n) is 5.53. The van der Waals surface area contributed by atoms with Crippen LogP contribution in [0.3, 0.4) is 0 Å². The van der Waals surface area contributed by atoms with E-state index in [0.29, 0.717) is 0 Å². The second-order valence-corrected chi connectivity index (χ2v) is 8.10. The molecule has 0 fully saturated rings. The van der Waals surface area contributed by atoms with Crippen LogP contribution in [0.15, 0.2) is 48.5 Å². The van der Waals surface area contributed by atoms with Crippen molar-refractivity contribution < 1.29 is 4.79 Å². The van der Waals surface area contributed by atoms with Gasteiger partial charge in [-0.3, -0.25) is 0 Å².